The molecule has 0 radical (unpaired) electrons. The predicted octanol–water partition coefficient (Wildman–Crippen LogP) is 3.73. The summed E-state index contributed by atoms with van der Waals surface area (Å²) in [5, 5.41) is 11.4. The van der Waals surface area contributed by atoms with E-state index < -0.39 is 0 Å². The second kappa shape index (κ2) is 11.3. The molecular weight excluding hydrogens is 462 g/mol. The van der Waals surface area contributed by atoms with Crippen molar-refractivity contribution in [2.24, 2.45) is 15.2 Å². The normalized spacial score (nSPS) is 21.2. The molecule has 5 rings (SSSR count). The van der Waals surface area contributed by atoms with Crippen molar-refractivity contribution in [1.29, 1.82) is 0 Å². The van der Waals surface area contributed by atoms with Crippen molar-refractivity contribution < 1.29 is 9.69 Å². The number of aromatic nitrogens is 1. The minimum Gasteiger partial charge on any atom is -0.324 e. The summed E-state index contributed by atoms with van der Waals surface area (Å²) in [6, 6.07) is 14.3. The third kappa shape index (κ3) is 5.98. The van der Waals surface area contributed by atoms with E-state index >= 15 is 0 Å². The number of benzene rings is 1. The summed E-state index contributed by atoms with van der Waals surface area (Å²) in [5.41, 5.74) is 3.42. The standard InChI is InChI=1S/C29H31N7O/c1-3-4-17-35(19-21(2)22-9-6-5-7-10-22)24-15-16-30-26(18-24)29(37)33-27-12-8-11-25(32-27)28-34-31-20-36(28)23-13-14-23/h4-10,12,15-20,23,25H,3,11,13-14H2,1-2H3,(H,32,33,37)/p+1. The maximum absolute atomic E-state index is 13.2. The number of pyridine rings is 1. The smallest absolute Gasteiger partial charge is 0.275 e. The van der Waals surface area contributed by atoms with Crippen molar-refractivity contribution in [3.8, 4) is 0 Å². The Morgan fingerprint density at radius 3 is 2.84 bits per heavy atom. The number of nitrogens with one attached hydrogen (secondary N) is 2. The molecule has 2 N–H and O–H groups in total. The highest BCUT2D eigenvalue weighted by atomic mass is 16.1. The number of anilines is 1. The van der Waals surface area contributed by atoms with E-state index in [4.69, 9.17) is 4.99 Å². The zero-order chi connectivity index (χ0) is 25.6. The fourth-order valence-electron chi connectivity index (χ4n) is 4.36. The van der Waals surface area contributed by atoms with Crippen LogP contribution in [0.3, 0.4) is 0 Å². The van der Waals surface area contributed by atoms with E-state index in [0.717, 1.165) is 35.5 Å². The summed E-state index contributed by atoms with van der Waals surface area (Å²) in [7, 11) is 0. The Hall–Kier alpha value is -4.17. The van der Waals surface area contributed by atoms with Crippen LogP contribution in [0.2, 0.25) is 0 Å². The van der Waals surface area contributed by atoms with Gasteiger partial charge in [0.05, 0.1) is 6.04 Å². The van der Waals surface area contributed by atoms with Gasteiger partial charge in [-0.2, -0.15) is 0 Å². The molecule has 2 aliphatic heterocycles. The number of amidine groups is 2. The summed E-state index contributed by atoms with van der Waals surface area (Å²) in [4.78, 5) is 25.5. The lowest BCUT2D eigenvalue weighted by Gasteiger charge is -2.19. The molecule has 188 valence electrons. The molecule has 1 aromatic carbocycles. The molecule has 1 fully saturated rings. The van der Waals surface area contributed by atoms with E-state index in [2.05, 4.69) is 58.8 Å². The van der Waals surface area contributed by atoms with Crippen LogP contribution < -0.4 is 15.1 Å². The SMILES string of the molecule is CCC=CN(C=C(C)c1ccccc1)c1ccnc(C(=O)NC2=NC(C3=NN=C[NH+]3C3CC3)CC=C2)c1. The Kier molecular flexibility index (Phi) is 7.46. The van der Waals surface area contributed by atoms with Crippen LogP contribution in [0.5, 0.6) is 0 Å². The number of quaternary nitrogens is 1. The average Bonchev–Trinajstić information content (AvgIpc) is 3.67. The van der Waals surface area contributed by atoms with Crippen LogP contribution in [0.15, 0.2) is 94.5 Å². The average molecular weight is 495 g/mol. The molecule has 8 heteroatoms. The number of hydrogen-bond donors (Lipinski definition) is 2. The maximum Gasteiger partial charge on any atom is 0.275 e. The minimum absolute atomic E-state index is 0.126. The molecular formula is C29H32N7O+. The van der Waals surface area contributed by atoms with Gasteiger partial charge in [-0.1, -0.05) is 59.6 Å². The predicted molar refractivity (Wildman–Crippen MR) is 149 cm³/mol. The van der Waals surface area contributed by atoms with Gasteiger partial charge in [-0.25, -0.2) is 4.90 Å². The van der Waals surface area contributed by atoms with E-state index in [-0.39, 0.29) is 11.9 Å². The molecule has 1 amide bonds. The Balaban J connectivity index is 1.33. The highest BCUT2D eigenvalue weighted by molar-refractivity contribution is 6.10. The first-order chi connectivity index (χ1) is 18.1. The highest BCUT2D eigenvalue weighted by Gasteiger charge is 2.41. The number of dihydropyridines is 1. The number of rotatable bonds is 8. The molecule has 1 aromatic heterocycles. The molecule has 1 saturated carbocycles. The Bertz CT molecular complexity index is 1320. The van der Waals surface area contributed by atoms with Crippen LogP contribution in [0.4, 0.5) is 5.69 Å². The van der Waals surface area contributed by atoms with Crippen LogP contribution in [-0.2, 0) is 0 Å². The number of hydrogen-bond acceptors (Lipinski definition) is 6. The van der Waals surface area contributed by atoms with Crippen LogP contribution in [0.25, 0.3) is 5.57 Å². The van der Waals surface area contributed by atoms with Gasteiger partial charge in [0.2, 0.25) is 6.34 Å². The fourth-order valence-corrected chi connectivity index (χ4v) is 4.36. The van der Waals surface area contributed by atoms with Crippen LogP contribution >= 0.6 is 0 Å². The van der Waals surface area contributed by atoms with E-state index in [1.165, 1.54) is 17.7 Å². The van der Waals surface area contributed by atoms with Crippen molar-refractivity contribution in [3.63, 3.8) is 0 Å². The van der Waals surface area contributed by atoms with E-state index in [9.17, 15) is 4.79 Å². The van der Waals surface area contributed by atoms with Gasteiger partial charge < -0.3 is 10.2 Å². The van der Waals surface area contributed by atoms with Gasteiger partial charge in [0.1, 0.15) is 11.5 Å². The van der Waals surface area contributed by atoms with Gasteiger partial charge in [0.15, 0.2) is 6.04 Å². The van der Waals surface area contributed by atoms with Gasteiger partial charge in [-0.05, 0) is 49.1 Å². The summed E-state index contributed by atoms with van der Waals surface area (Å²) in [6.07, 6.45) is 17.6. The number of carbonyl (C=O) groups excluding carboxylic acids is 1. The monoisotopic (exact) mass is 494 g/mol. The maximum atomic E-state index is 13.2. The molecule has 1 aliphatic carbocycles. The molecule has 0 saturated heterocycles. The minimum atomic E-state index is -0.301. The summed E-state index contributed by atoms with van der Waals surface area (Å²) < 4.78 is 0. The number of allylic oxidation sites excluding steroid dienone is 2. The zero-order valence-electron chi connectivity index (χ0n) is 21.2. The van der Waals surface area contributed by atoms with Gasteiger partial charge in [-0.15, -0.1) is 0 Å². The number of carbonyl (C=O) groups is 1. The lowest BCUT2D eigenvalue weighted by atomic mass is 10.1. The van der Waals surface area contributed by atoms with E-state index in [1.54, 1.807) is 12.3 Å². The largest absolute Gasteiger partial charge is 0.324 e. The third-order valence-electron chi connectivity index (χ3n) is 6.50. The molecule has 3 heterocycles. The van der Waals surface area contributed by atoms with Crippen molar-refractivity contribution in [3.05, 3.63) is 90.5 Å². The molecule has 2 atom stereocenters. The molecule has 3 aliphatic rings. The summed E-state index contributed by atoms with van der Waals surface area (Å²) in [6.45, 7) is 4.17. The Morgan fingerprint density at radius 1 is 1.22 bits per heavy atom. The second-order valence-electron chi connectivity index (χ2n) is 9.36. The lowest BCUT2D eigenvalue weighted by Crippen LogP contribution is -3.15. The van der Waals surface area contributed by atoms with E-state index in [1.807, 2.05) is 53.9 Å². The van der Waals surface area contributed by atoms with Crippen molar-refractivity contribution >= 4 is 35.2 Å². The Labute approximate surface area is 217 Å². The van der Waals surface area contributed by atoms with E-state index in [0.29, 0.717) is 17.6 Å². The summed E-state index contributed by atoms with van der Waals surface area (Å²) in [5.74, 6) is 1.14. The van der Waals surface area contributed by atoms with Crippen molar-refractivity contribution in [1.82, 2.24) is 10.3 Å². The summed E-state index contributed by atoms with van der Waals surface area (Å²) >= 11 is 0. The molecule has 37 heavy (non-hydrogen) atoms. The van der Waals surface area contributed by atoms with Crippen LogP contribution in [-0.4, -0.2) is 41.0 Å². The molecule has 0 spiro atoms. The molecule has 2 aromatic rings. The first-order valence-electron chi connectivity index (χ1n) is 12.8. The fraction of sp³-hybridized carbons (Fsp3) is 0.276. The first kappa shape index (κ1) is 24.5. The first-order valence-corrected chi connectivity index (χ1v) is 12.8. The van der Waals surface area contributed by atoms with Gasteiger partial charge in [0, 0.05) is 37.1 Å². The van der Waals surface area contributed by atoms with Crippen LogP contribution in [0.1, 0.15) is 55.6 Å². The number of aliphatic imine (C=N–C) groups is 1. The Morgan fingerprint density at radius 2 is 2.05 bits per heavy atom. The third-order valence-corrected chi connectivity index (χ3v) is 6.50. The number of nitrogens with zero attached hydrogens (tertiary/aromatic N) is 5. The van der Waals surface area contributed by atoms with Crippen molar-refractivity contribution in [2.45, 2.75) is 51.6 Å². The second-order valence-corrected chi connectivity index (χ2v) is 9.36. The zero-order valence-corrected chi connectivity index (χ0v) is 21.2. The lowest BCUT2D eigenvalue weighted by molar-refractivity contribution is -0.707. The molecule has 2 unspecified atom stereocenters. The van der Waals surface area contributed by atoms with Crippen molar-refractivity contribution in [2.75, 3.05) is 4.90 Å². The van der Waals surface area contributed by atoms with Gasteiger partial charge in [-0.3, -0.25) is 14.8 Å². The van der Waals surface area contributed by atoms with Gasteiger partial charge >= 0.3 is 0 Å². The topological polar surface area (TPSA) is 86.8 Å². The quantitative estimate of drug-likeness (QED) is 0.586. The molecule has 0 bridgehead atoms. The molecule has 8 nitrogen and oxygen atoms in total. The van der Waals surface area contributed by atoms with Gasteiger partial charge in [0.25, 0.3) is 11.7 Å². The highest BCUT2D eigenvalue weighted by Crippen LogP contribution is 2.21. The van der Waals surface area contributed by atoms with Crippen LogP contribution in [0, 0.1) is 0 Å². The number of amides is 1.